The molecule has 0 spiro atoms. The van der Waals surface area contributed by atoms with Crippen molar-refractivity contribution in [1.29, 1.82) is 0 Å². The highest BCUT2D eigenvalue weighted by Gasteiger charge is 2.25. The van der Waals surface area contributed by atoms with E-state index in [0.717, 1.165) is 58.9 Å². The molecule has 8 heteroatoms. The van der Waals surface area contributed by atoms with Gasteiger partial charge in [-0.3, -0.25) is 9.79 Å². The van der Waals surface area contributed by atoms with Crippen LogP contribution in [0.5, 0.6) is 5.75 Å². The SMILES string of the molecule is COc1cccc(N(CC(=O)NC2CC2)CC2=Nc3cc(-c4ccnc(N)n4)ccc3C2)c1. The highest BCUT2D eigenvalue weighted by molar-refractivity contribution is 5.98. The lowest BCUT2D eigenvalue weighted by Crippen LogP contribution is -2.40. The number of nitrogens with zero attached hydrogens (tertiary/aromatic N) is 4. The van der Waals surface area contributed by atoms with E-state index in [1.165, 1.54) is 0 Å². The molecule has 33 heavy (non-hydrogen) atoms. The van der Waals surface area contributed by atoms with Crippen molar-refractivity contribution < 1.29 is 9.53 Å². The smallest absolute Gasteiger partial charge is 0.239 e. The summed E-state index contributed by atoms with van der Waals surface area (Å²) in [5.41, 5.74) is 11.5. The van der Waals surface area contributed by atoms with E-state index in [-0.39, 0.29) is 18.4 Å². The number of nitrogens with two attached hydrogens (primary N) is 1. The van der Waals surface area contributed by atoms with Crippen LogP contribution in [-0.4, -0.2) is 47.8 Å². The van der Waals surface area contributed by atoms with Crippen LogP contribution in [-0.2, 0) is 11.2 Å². The van der Waals surface area contributed by atoms with Gasteiger partial charge < -0.3 is 20.7 Å². The molecule has 2 heterocycles. The monoisotopic (exact) mass is 442 g/mol. The minimum atomic E-state index is 0.0278. The van der Waals surface area contributed by atoms with Crippen molar-refractivity contribution in [2.75, 3.05) is 30.8 Å². The summed E-state index contributed by atoms with van der Waals surface area (Å²) in [6.45, 7) is 0.820. The average molecular weight is 443 g/mol. The molecule has 3 N–H and O–H groups in total. The van der Waals surface area contributed by atoms with Crippen molar-refractivity contribution in [2.45, 2.75) is 25.3 Å². The van der Waals surface area contributed by atoms with Gasteiger partial charge in [-0.1, -0.05) is 18.2 Å². The maximum atomic E-state index is 12.6. The molecule has 3 aromatic rings. The van der Waals surface area contributed by atoms with Crippen molar-refractivity contribution in [2.24, 2.45) is 4.99 Å². The molecule has 2 aliphatic rings. The number of hydrogen-bond donors (Lipinski definition) is 2. The predicted octanol–water partition coefficient (Wildman–Crippen LogP) is 3.15. The molecule has 1 fully saturated rings. The summed E-state index contributed by atoms with van der Waals surface area (Å²) in [5.74, 6) is 1.03. The third-order valence-electron chi connectivity index (χ3n) is 5.80. The number of anilines is 2. The average Bonchev–Trinajstić information content (AvgIpc) is 3.54. The highest BCUT2D eigenvalue weighted by Crippen LogP contribution is 2.32. The molecule has 1 aromatic heterocycles. The molecular formula is C25H26N6O2. The molecule has 2 aromatic carbocycles. The number of methoxy groups -OCH3 is 1. The summed E-state index contributed by atoms with van der Waals surface area (Å²) in [6.07, 6.45) is 4.52. The molecule has 0 atom stereocenters. The van der Waals surface area contributed by atoms with E-state index >= 15 is 0 Å². The number of carbonyl (C=O) groups excluding carboxylic acids is 1. The molecule has 1 aliphatic heterocycles. The van der Waals surface area contributed by atoms with Gasteiger partial charge in [0, 0.05) is 41.7 Å². The Morgan fingerprint density at radius 3 is 2.88 bits per heavy atom. The Morgan fingerprint density at radius 2 is 2.09 bits per heavy atom. The molecule has 0 unspecified atom stereocenters. The summed E-state index contributed by atoms with van der Waals surface area (Å²) >= 11 is 0. The first-order chi connectivity index (χ1) is 16.1. The number of nitrogens with one attached hydrogen (secondary N) is 1. The zero-order chi connectivity index (χ0) is 22.8. The summed E-state index contributed by atoms with van der Waals surface area (Å²) < 4.78 is 5.39. The summed E-state index contributed by atoms with van der Waals surface area (Å²) in [5, 5.41) is 3.08. The Morgan fingerprint density at radius 1 is 1.21 bits per heavy atom. The number of aromatic nitrogens is 2. The number of rotatable bonds is 8. The van der Waals surface area contributed by atoms with Gasteiger partial charge in [-0.2, -0.15) is 0 Å². The van der Waals surface area contributed by atoms with E-state index in [1.54, 1.807) is 13.3 Å². The van der Waals surface area contributed by atoms with Gasteiger partial charge in [-0.05, 0) is 42.7 Å². The number of benzene rings is 2. The van der Waals surface area contributed by atoms with Crippen molar-refractivity contribution in [3.05, 3.63) is 60.3 Å². The Balaban J connectivity index is 1.37. The Bertz CT molecular complexity index is 1220. The third kappa shape index (κ3) is 4.95. The topological polar surface area (TPSA) is 106 Å². The van der Waals surface area contributed by atoms with Gasteiger partial charge in [0.25, 0.3) is 0 Å². The normalized spacial score (nSPS) is 14.4. The van der Waals surface area contributed by atoms with Gasteiger partial charge in [0.1, 0.15) is 5.75 Å². The summed E-state index contributed by atoms with van der Waals surface area (Å²) in [7, 11) is 1.64. The maximum Gasteiger partial charge on any atom is 0.239 e. The third-order valence-corrected chi connectivity index (χ3v) is 5.80. The highest BCUT2D eigenvalue weighted by atomic mass is 16.5. The molecule has 8 nitrogen and oxygen atoms in total. The second kappa shape index (κ2) is 8.90. The van der Waals surface area contributed by atoms with Crippen molar-refractivity contribution in [1.82, 2.24) is 15.3 Å². The largest absolute Gasteiger partial charge is 0.497 e. The number of carbonyl (C=O) groups is 1. The zero-order valence-electron chi connectivity index (χ0n) is 18.5. The minimum absolute atomic E-state index is 0.0278. The standard InChI is InChI=1S/C25H26N6O2/c1-33-21-4-2-3-20(13-21)31(15-24(32)29-18-7-8-18)14-19-11-16-5-6-17(12-23(16)28-19)22-9-10-27-25(26)30-22/h2-6,9-10,12-13,18H,7-8,11,14-15H2,1H3,(H,29,32)(H2,26,27,30). The van der Waals surface area contributed by atoms with Crippen LogP contribution in [0.3, 0.4) is 0 Å². The number of aliphatic imine (C=N–C) groups is 1. The van der Waals surface area contributed by atoms with E-state index in [9.17, 15) is 4.79 Å². The molecule has 0 radical (unpaired) electrons. The Hall–Kier alpha value is -3.94. The summed E-state index contributed by atoms with van der Waals surface area (Å²) in [4.78, 5) is 27.8. The molecule has 0 bridgehead atoms. The molecule has 1 aliphatic carbocycles. The van der Waals surface area contributed by atoms with E-state index in [0.29, 0.717) is 12.6 Å². The minimum Gasteiger partial charge on any atom is -0.497 e. The molecule has 0 saturated heterocycles. The fourth-order valence-electron chi connectivity index (χ4n) is 3.97. The van der Waals surface area contributed by atoms with E-state index in [4.69, 9.17) is 15.5 Å². The Kier molecular flexibility index (Phi) is 5.64. The molecule has 168 valence electrons. The lowest BCUT2D eigenvalue weighted by Gasteiger charge is -2.24. The van der Waals surface area contributed by atoms with Crippen LogP contribution in [0.25, 0.3) is 11.3 Å². The van der Waals surface area contributed by atoms with E-state index in [2.05, 4.69) is 26.3 Å². The number of hydrogen-bond acceptors (Lipinski definition) is 7. The number of fused-ring (bicyclic) bond motifs is 1. The number of amides is 1. The lowest BCUT2D eigenvalue weighted by molar-refractivity contribution is -0.119. The number of nitrogen functional groups attached to an aromatic ring is 1. The van der Waals surface area contributed by atoms with Crippen molar-refractivity contribution >= 4 is 28.9 Å². The van der Waals surface area contributed by atoms with Crippen LogP contribution in [0, 0.1) is 0 Å². The Labute approximate surface area is 192 Å². The van der Waals surface area contributed by atoms with Gasteiger partial charge in [-0.25, -0.2) is 9.97 Å². The molecular weight excluding hydrogens is 416 g/mol. The van der Waals surface area contributed by atoms with Crippen molar-refractivity contribution in [3.8, 4) is 17.0 Å². The van der Waals surface area contributed by atoms with Crippen LogP contribution in [0.1, 0.15) is 18.4 Å². The zero-order valence-corrected chi connectivity index (χ0v) is 18.5. The van der Waals surface area contributed by atoms with Gasteiger partial charge in [0.05, 0.1) is 31.6 Å². The van der Waals surface area contributed by atoms with Crippen LogP contribution in [0.2, 0.25) is 0 Å². The predicted molar refractivity (Wildman–Crippen MR) is 129 cm³/mol. The fourth-order valence-corrected chi connectivity index (χ4v) is 3.97. The van der Waals surface area contributed by atoms with E-state index < -0.39 is 0 Å². The first-order valence-electron chi connectivity index (χ1n) is 11.0. The molecule has 1 amide bonds. The van der Waals surface area contributed by atoms with Gasteiger partial charge in [0.2, 0.25) is 11.9 Å². The van der Waals surface area contributed by atoms with Gasteiger partial charge in [0.15, 0.2) is 0 Å². The van der Waals surface area contributed by atoms with Gasteiger partial charge in [-0.15, -0.1) is 0 Å². The fraction of sp³-hybridized carbons (Fsp3) is 0.280. The van der Waals surface area contributed by atoms with Crippen LogP contribution in [0.15, 0.2) is 59.7 Å². The van der Waals surface area contributed by atoms with Gasteiger partial charge >= 0.3 is 0 Å². The number of ether oxygens (including phenoxy) is 1. The first-order valence-corrected chi connectivity index (χ1v) is 11.0. The first kappa shape index (κ1) is 20.9. The molecule has 1 saturated carbocycles. The summed E-state index contributed by atoms with van der Waals surface area (Å²) in [6, 6.07) is 16.1. The maximum absolute atomic E-state index is 12.6. The second-order valence-corrected chi connectivity index (χ2v) is 8.40. The molecule has 5 rings (SSSR count). The van der Waals surface area contributed by atoms with Crippen molar-refractivity contribution in [3.63, 3.8) is 0 Å². The lowest BCUT2D eigenvalue weighted by atomic mass is 10.0. The quantitative estimate of drug-likeness (QED) is 0.555. The van der Waals surface area contributed by atoms with Crippen LogP contribution < -0.4 is 20.7 Å². The van der Waals surface area contributed by atoms with E-state index in [1.807, 2.05) is 42.5 Å². The van der Waals surface area contributed by atoms with Crippen LogP contribution in [0.4, 0.5) is 17.3 Å². The van der Waals surface area contributed by atoms with Crippen LogP contribution >= 0.6 is 0 Å². The second-order valence-electron chi connectivity index (χ2n) is 8.40.